The fourth-order valence-corrected chi connectivity index (χ4v) is 5.14. The molecule has 1 aliphatic rings. The molecule has 0 aromatic carbocycles. The van der Waals surface area contributed by atoms with Gasteiger partial charge in [-0.3, -0.25) is 0 Å². The van der Waals surface area contributed by atoms with E-state index in [-0.39, 0.29) is 16.3 Å². The minimum absolute atomic E-state index is 0.00456. The van der Waals surface area contributed by atoms with Crippen LogP contribution in [0.3, 0.4) is 0 Å². The quantitative estimate of drug-likeness (QED) is 0.801. The van der Waals surface area contributed by atoms with E-state index in [0.29, 0.717) is 5.56 Å². The lowest BCUT2D eigenvalue weighted by Crippen LogP contribution is -2.49. The summed E-state index contributed by atoms with van der Waals surface area (Å²) in [4.78, 5) is 11.8. The van der Waals surface area contributed by atoms with Crippen LogP contribution >= 0.6 is 11.3 Å². The number of methoxy groups -OCH3 is 2. The first-order valence-corrected chi connectivity index (χ1v) is 8.93. The Bertz CT molecular complexity index is 625. The second-order valence-corrected chi connectivity index (χ2v) is 7.72. The maximum atomic E-state index is 12.5. The van der Waals surface area contributed by atoms with E-state index in [0.717, 1.165) is 30.6 Å². The predicted molar refractivity (Wildman–Crippen MR) is 79.2 cm³/mol. The molecule has 0 spiro atoms. The highest BCUT2D eigenvalue weighted by Crippen LogP contribution is 2.35. The van der Waals surface area contributed by atoms with Crippen molar-refractivity contribution >= 4 is 27.3 Å². The molecule has 0 saturated heterocycles. The predicted octanol–water partition coefficient (Wildman–Crippen LogP) is 1.69. The summed E-state index contributed by atoms with van der Waals surface area (Å²) in [5, 5.41) is 1.64. The highest BCUT2D eigenvalue weighted by atomic mass is 32.2. The second-order valence-electron chi connectivity index (χ2n) is 5.13. The Hall–Kier alpha value is -0.960. The van der Waals surface area contributed by atoms with Crippen molar-refractivity contribution in [3.63, 3.8) is 0 Å². The Labute approximate surface area is 128 Å². The van der Waals surface area contributed by atoms with Gasteiger partial charge in [-0.1, -0.05) is 0 Å². The maximum absolute atomic E-state index is 12.5. The van der Waals surface area contributed by atoms with Gasteiger partial charge in [-0.2, -0.15) is 0 Å². The van der Waals surface area contributed by atoms with E-state index < -0.39 is 21.6 Å². The number of aryl methyl sites for hydroxylation is 1. The lowest BCUT2D eigenvalue weighted by Gasteiger charge is -2.40. The molecule has 0 unspecified atom stereocenters. The van der Waals surface area contributed by atoms with E-state index in [1.807, 2.05) is 0 Å². The van der Waals surface area contributed by atoms with Crippen LogP contribution in [0.1, 0.15) is 34.5 Å². The first-order valence-electron chi connectivity index (χ1n) is 6.56. The molecule has 8 heteroatoms. The highest BCUT2D eigenvalue weighted by Gasteiger charge is 2.39. The fourth-order valence-electron chi connectivity index (χ4n) is 2.32. The Kier molecular flexibility index (Phi) is 4.72. The number of nitrogens with one attached hydrogen (secondary N) is 1. The molecule has 118 valence electrons. The Morgan fingerprint density at radius 1 is 1.43 bits per heavy atom. The van der Waals surface area contributed by atoms with E-state index in [2.05, 4.69) is 9.46 Å². The maximum Gasteiger partial charge on any atom is 0.349 e. The van der Waals surface area contributed by atoms with Crippen molar-refractivity contribution in [2.45, 2.75) is 36.7 Å². The molecule has 1 aliphatic carbocycles. The van der Waals surface area contributed by atoms with Crippen molar-refractivity contribution < 1.29 is 22.7 Å². The molecule has 1 saturated carbocycles. The van der Waals surface area contributed by atoms with Gasteiger partial charge in [0.2, 0.25) is 10.0 Å². The largest absolute Gasteiger partial charge is 0.465 e. The van der Waals surface area contributed by atoms with Gasteiger partial charge in [0.15, 0.2) is 0 Å². The zero-order chi connectivity index (χ0) is 15.7. The zero-order valence-corrected chi connectivity index (χ0v) is 13.9. The molecule has 1 N–H and O–H groups in total. The minimum atomic E-state index is -3.77. The molecule has 6 nitrogen and oxygen atoms in total. The molecule has 0 atom stereocenters. The summed E-state index contributed by atoms with van der Waals surface area (Å²) < 4.78 is 37.6. The lowest BCUT2D eigenvalue weighted by molar-refractivity contribution is -0.0659. The normalized spacial score (nSPS) is 17.3. The Morgan fingerprint density at radius 3 is 2.57 bits per heavy atom. The van der Waals surface area contributed by atoms with Gasteiger partial charge in [0, 0.05) is 13.7 Å². The van der Waals surface area contributed by atoms with Gasteiger partial charge in [0.25, 0.3) is 0 Å². The first-order chi connectivity index (χ1) is 9.85. The number of hydrogen-bond acceptors (Lipinski definition) is 6. The highest BCUT2D eigenvalue weighted by molar-refractivity contribution is 7.89. The number of rotatable bonds is 6. The van der Waals surface area contributed by atoms with Crippen LogP contribution in [-0.2, 0) is 19.5 Å². The van der Waals surface area contributed by atoms with Crippen molar-refractivity contribution in [1.29, 1.82) is 0 Å². The van der Waals surface area contributed by atoms with Gasteiger partial charge in [-0.15, -0.1) is 11.3 Å². The van der Waals surface area contributed by atoms with Crippen LogP contribution < -0.4 is 4.72 Å². The summed E-state index contributed by atoms with van der Waals surface area (Å²) in [6.07, 6.45) is 2.69. The third-order valence-corrected chi connectivity index (χ3v) is 6.63. The molecule has 1 aromatic heterocycles. The van der Waals surface area contributed by atoms with Crippen molar-refractivity contribution in [2.24, 2.45) is 0 Å². The molecular weight excluding hydrogens is 314 g/mol. The average Bonchev–Trinajstić information content (AvgIpc) is 2.80. The standard InChI is InChI=1S/C13H19NO5S2/c1-9-7-20-10(12(15)18-2)11(9)21(16,17)14-8-13(19-3)5-4-6-13/h7,14H,4-6,8H2,1-3H3. The average molecular weight is 333 g/mol. The monoisotopic (exact) mass is 333 g/mol. The number of thiophene rings is 1. The van der Waals surface area contributed by atoms with Crippen molar-refractivity contribution in [3.8, 4) is 0 Å². The summed E-state index contributed by atoms with van der Waals surface area (Å²) in [5.41, 5.74) is 0.121. The van der Waals surface area contributed by atoms with Crippen LogP contribution in [0.5, 0.6) is 0 Å². The molecule has 0 radical (unpaired) electrons. The molecule has 1 aromatic rings. The fraction of sp³-hybridized carbons (Fsp3) is 0.615. The van der Waals surface area contributed by atoms with Crippen LogP contribution in [0, 0.1) is 6.92 Å². The molecule has 2 rings (SSSR count). The van der Waals surface area contributed by atoms with E-state index in [4.69, 9.17) is 4.74 Å². The number of carbonyl (C=O) groups excluding carboxylic acids is 1. The van der Waals surface area contributed by atoms with Crippen molar-refractivity contribution in [2.75, 3.05) is 20.8 Å². The Balaban J connectivity index is 2.24. The topological polar surface area (TPSA) is 81.7 Å². The van der Waals surface area contributed by atoms with Gasteiger partial charge in [-0.25, -0.2) is 17.9 Å². The molecule has 0 aliphatic heterocycles. The summed E-state index contributed by atoms with van der Waals surface area (Å²) in [7, 11) is -0.955. The second kappa shape index (κ2) is 6.04. The molecule has 0 bridgehead atoms. The molecule has 21 heavy (non-hydrogen) atoms. The van der Waals surface area contributed by atoms with Gasteiger partial charge in [0.05, 0.1) is 12.7 Å². The van der Waals surface area contributed by atoms with Crippen molar-refractivity contribution in [3.05, 3.63) is 15.8 Å². The van der Waals surface area contributed by atoms with E-state index >= 15 is 0 Å². The summed E-state index contributed by atoms with van der Waals surface area (Å²) in [6, 6.07) is 0. The third kappa shape index (κ3) is 3.13. The number of esters is 1. The summed E-state index contributed by atoms with van der Waals surface area (Å²) >= 11 is 1.07. The van der Waals surface area contributed by atoms with Gasteiger partial charge in [-0.05, 0) is 37.1 Å². The van der Waals surface area contributed by atoms with Gasteiger partial charge >= 0.3 is 5.97 Å². The molecule has 1 fully saturated rings. The zero-order valence-electron chi connectivity index (χ0n) is 12.3. The van der Waals surface area contributed by atoms with Crippen LogP contribution in [0.25, 0.3) is 0 Å². The molecule has 1 heterocycles. The van der Waals surface area contributed by atoms with Crippen molar-refractivity contribution in [1.82, 2.24) is 4.72 Å². The SMILES string of the molecule is COC(=O)c1scc(C)c1S(=O)(=O)NCC1(OC)CCC1. The van der Waals surface area contributed by atoms with Gasteiger partial charge < -0.3 is 9.47 Å². The van der Waals surface area contributed by atoms with E-state index in [1.54, 1.807) is 19.4 Å². The molecular formula is C13H19NO5S2. The van der Waals surface area contributed by atoms with Crippen LogP contribution in [0.4, 0.5) is 0 Å². The van der Waals surface area contributed by atoms with Crippen LogP contribution in [0.15, 0.2) is 10.3 Å². The first kappa shape index (κ1) is 16.4. The van der Waals surface area contributed by atoms with E-state index in [9.17, 15) is 13.2 Å². The smallest absolute Gasteiger partial charge is 0.349 e. The van der Waals surface area contributed by atoms with Crippen LogP contribution in [-0.4, -0.2) is 40.8 Å². The van der Waals surface area contributed by atoms with E-state index in [1.165, 1.54) is 7.11 Å². The van der Waals surface area contributed by atoms with Crippen LogP contribution in [0.2, 0.25) is 0 Å². The summed E-state index contributed by atoms with van der Waals surface area (Å²) in [6.45, 7) is 1.87. The number of sulfonamides is 1. The number of carbonyl (C=O) groups is 1. The van der Waals surface area contributed by atoms with Gasteiger partial charge in [0.1, 0.15) is 9.77 Å². The lowest BCUT2D eigenvalue weighted by atomic mass is 9.80. The molecule has 0 amide bonds. The summed E-state index contributed by atoms with van der Waals surface area (Å²) in [5.74, 6) is -0.640. The number of hydrogen-bond donors (Lipinski definition) is 1. The minimum Gasteiger partial charge on any atom is -0.465 e. The third-order valence-electron chi connectivity index (χ3n) is 3.84. The Morgan fingerprint density at radius 2 is 2.10 bits per heavy atom. The number of ether oxygens (including phenoxy) is 2.